The van der Waals surface area contributed by atoms with E-state index in [0.717, 1.165) is 0 Å². The van der Waals surface area contributed by atoms with Gasteiger partial charge >= 0.3 is 5.97 Å². The van der Waals surface area contributed by atoms with Crippen LogP contribution in [-0.4, -0.2) is 41.0 Å². The van der Waals surface area contributed by atoms with Crippen LogP contribution in [0.15, 0.2) is 24.3 Å². The summed E-state index contributed by atoms with van der Waals surface area (Å²) in [6, 6.07) is 4.34. The van der Waals surface area contributed by atoms with Crippen LogP contribution in [0.4, 0.5) is 0 Å². The van der Waals surface area contributed by atoms with Crippen molar-refractivity contribution >= 4 is 18.2 Å². The minimum Gasteiger partial charge on any atom is -0.480 e. The number of hydrogen-bond donors (Lipinski definition) is 3. The Morgan fingerprint density at radius 1 is 1.29 bits per heavy atom. The van der Waals surface area contributed by atoms with E-state index >= 15 is 0 Å². The molecule has 90 valence electrons. The maximum atomic E-state index is 11.5. The van der Waals surface area contributed by atoms with Gasteiger partial charge in [0.25, 0.3) is 5.91 Å². The molecule has 1 rings (SSSR count). The van der Waals surface area contributed by atoms with Crippen LogP contribution in [0.5, 0.6) is 0 Å². The molecule has 0 fully saturated rings. The summed E-state index contributed by atoms with van der Waals surface area (Å²) < 4.78 is 0. The van der Waals surface area contributed by atoms with Gasteiger partial charge in [-0.25, -0.2) is 4.79 Å². The highest BCUT2D eigenvalue weighted by atomic mass is 16.4. The normalized spacial score (nSPS) is 11.6. The molecule has 0 saturated heterocycles. The molecule has 6 nitrogen and oxygen atoms in total. The number of aldehydes is 1. The summed E-state index contributed by atoms with van der Waals surface area (Å²) in [4.78, 5) is 32.5. The van der Waals surface area contributed by atoms with Gasteiger partial charge < -0.3 is 15.5 Å². The molecule has 0 heterocycles. The molecule has 1 amide bonds. The number of aliphatic carboxylic acids is 1. The van der Waals surface area contributed by atoms with E-state index in [-0.39, 0.29) is 5.56 Å². The molecule has 0 bridgehead atoms. The molecule has 0 aromatic heterocycles. The molecular weight excluding hydrogens is 226 g/mol. The number of amides is 1. The van der Waals surface area contributed by atoms with E-state index in [9.17, 15) is 14.4 Å². The molecule has 6 heteroatoms. The van der Waals surface area contributed by atoms with Crippen LogP contribution in [-0.2, 0) is 4.79 Å². The van der Waals surface area contributed by atoms with E-state index in [1.165, 1.54) is 24.3 Å². The van der Waals surface area contributed by atoms with Crippen molar-refractivity contribution in [1.29, 1.82) is 0 Å². The van der Waals surface area contributed by atoms with Crippen LogP contribution in [0.25, 0.3) is 0 Å². The Labute approximate surface area is 96.9 Å². The maximum absolute atomic E-state index is 11.5. The van der Waals surface area contributed by atoms with Gasteiger partial charge in [0.05, 0.1) is 6.61 Å². The lowest BCUT2D eigenvalue weighted by atomic mass is 10.1. The fourth-order valence-electron chi connectivity index (χ4n) is 1.14. The van der Waals surface area contributed by atoms with Crippen LogP contribution in [0.2, 0.25) is 0 Å². The highest BCUT2D eigenvalue weighted by molar-refractivity contribution is 5.97. The predicted octanol–water partition coefficient (Wildman–Crippen LogP) is -0.326. The van der Waals surface area contributed by atoms with Crippen molar-refractivity contribution in [3.8, 4) is 0 Å². The van der Waals surface area contributed by atoms with E-state index in [4.69, 9.17) is 10.2 Å². The highest BCUT2D eigenvalue weighted by Crippen LogP contribution is 2.02. The van der Waals surface area contributed by atoms with E-state index < -0.39 is 24.5 Å². The first-order chi connectivity index (χ1) is 8.08. The molecule has 1 aromatic rings. The Balaban J connectivity index is 2.75. The average Bonchev–Trinajstić information content (AvgIpc) is 2.35. The molecule has 1 atom stereocenters. The van der Waals surface area contributed by atoms with Crippen molar-refractivity contribution in [1.82, 2.24) is 5.32 Å². The molecule has 0 radical (unpaired) electrons. The van der Waals surface area contributed by atoms with Gasteiger partial charge in [0.15, 0.2) is 6.04 Å². The monoisotopic (exact) mass is 237 g/mol. The van der Waals surface area contributed by atoms with Crippen molar-refractivity contribution in [2.24, 2.45) is 0 Å². The molecule has 0 aliphatic carbocycles. The molecular formula is C11H11NO5. The standard InChI is InChI=1S/C11H11NO5/c13-5-7-1-3-8(4-2-7)10(15)12-9(6-14)11(16)17/h1-5,9,14H,6H2,(H,12,15)(H,16,17). The Hall–Kier alpha value is -2.21. The van der Waals surface area contributed by atoms with Gasteiger partial charge in [0, 0.05) is 11.1 Å². The Bertz CT molecular complexity index is 426. The number of benzene rings is 1. The lowest BCUT2D eigenvalue weighted by Gasteiger charge is -2.11. The fourth-order valence-corrected chi connectivity index (χ4v) is 1.14. The summed E-state index contributed by atoms with van der Waals surface area (Å²) in [5, 5.41) is 19.5. The van der Waals surface area contributed by atoms with Crippen molar-refractivity contribution in [3.05, 3.63) is 35.4 Å². The largest absolute Gasteiger partial charge is 0.480 e. The second-order valence-corrected chi connectivity index (χ2v) is 3.29. The minimum atomic E-state index is -1.34. The van der Waals surface area contributed by atoms with E-state index in [2.05, 4.69) is 5.32 Å². The van der Waals surface area contributed by atoms with Gasteiger partial charge in [0.1, 0.15) is 6.29 Å². The zero-order chi connectivity index (χ0) is 12.8. The number of carboxylic acids is 1. The number of carbonyl (C=O) groups excluding carboxylic acids is 2. The number of carboxylic acid groups (broad SMARTS) is 1. The zero-order valence-corrected chi connectivity index (χ0v) is 8.79. The topological polar surface area (TPSA) is 104 Å². The van der Waals surface area contributed by atoms with Gasteiger partial charge in [-0.2, -0.15) is 0 Å². The van der Waals surface area contributed by atoms with Crippen molar-refractivity contribution in [2.75, 3.05) is 6.61 Å². The van der Waals surface area contributed by atoms with Gasteiger partial charge in [-0.15, -0.1) is 0 Å². The lowest BCUT2D eigenvalue weighted by molar-refractivity contribution is -0.140. The number of carbonyl (C=O) groups is 3. The summed E-state index contributed by atoms with van der Waals surface area (Å²) in [7, 11) is 0. The minimum absolute atomic E-state index is 0.218. The molecule has 17 heavy (non-hydrogen) atoms. The SMILES string of the molecule is O=Cc1ccc(C(=O)NC(CO)C(=O)O)cc1. The van der Waals surface area contributed by atoms with Crippen LogP contribution in [0.3, 0.4) is 0 Å². The molecule has 1 unspecified atom stereocenters. The van der Waals surface area contributed by atoms with Crippen molar-refractivity contribution in [2.45, 2.75) is 6.04 Å². The summed E-state index contributed by atoms with van der Waals surface area (Å²) in [5.74, 6) is -1.94. The van der Waals surface area contributed by atoms with Gasteiger partial charge in [-0.3, -0.25) is 9.59 Å². The average molecular weight is 237 g/mol. The first kappa shape index (κ1) is 12.9. The zero-order valence-electron chi connectivity index (χ0n) is 8.79. The van der Waals surface area contributed by atoms with E-state index in [1.807, 2.05) is 0 Å². The molecule has 0 spiro atoms. The smallest absolute Gasteiger partial charge is 0.328 e. The van der Waals surface area contributed by atoms with E-state index in [1.54, 1.807) is 0 Å². The number of hydrogen-bond acceptors (Lipinski definition) is 4. The Morgan fingerprint density at radius 2 is 1.88 bits per heavy atom. The van der Waals surface area contributed by atoms with E-state index in [0.29, 0.717) is 11.8 Å². The third-order valence-corrected chi connectivity index (χ3v) is 2.09. The second-order valence-electron chi connectivity index (χ2n) is 3.29. The van der Waals surface area contributed by atoms with Crippen molar-refractivity contribution in [3.63, 3.8) is 0 Å². The first-order valence-corrected chi connectivity index (χ1v) is 4.78. The molecule has 0 aliphatic heterocycles. The number of aliphatic hydroxyl groups is 1. The first-order valence-electron chi connectivity index (χ1n) is 4.78. The van der Waals surface area contributed by atoms with Crippen molar-refractivity contribution < 1.29 is 24.6 Å². The van der Waals surface area contributed by atoms with Gasteiger partial charge in [0.2, 0.25) is 0 Å². The van der Waals surface area contributed by atoms with Crippen LogP contribution in [0.1, 0.15) is 20.7 Å². The third kappa shape index (κ3) is 3.39. The Kier molecular flexibility index (Phi) is 4.36. The summed E-state index contributed by atoms with van der Waals surface area (Å²) >= 11 is 0. The van der Waals surface area contributed by atoms with Gasteiger partial charge in [-0.05, 0) is 12.1 Å². The number of aliphatic hydroxyl groups excluding tert-OH is 1. The molecule has 1 aromatic carbocycles. The summed E-state index contributed by atoms with van der Waals surface area (Å²) in [5.41, 5.74) is 0.633. The third-order valence-electron chi connectivity index (χ3n) is 2.09. The number of nitrogens with one attached hydrogen (secondary N) is 1. The number of rotatable bonds is 5. The van der Waals surface area contributed by atoms with Crippen LogP contribution < -0.4 is 5.32 Å². The second kappa shape index (κ2) is 5.76. The summed E-state index contributed by atoms with van der Waals surface area (Å²) in [6.45, 7) is -0.687. The maximum Gasteiger partial charge on any atom is 0.328 e. The van der Waals surface area contributed by atoms with Crippen LogP contribution >= 0.6 is 0 Å². The predicted molar refractivity (Wildman–Crippen MR) is 57.8 cm³/mol. The van der Waals surface area contributed by atoms with Crippen LogP contribution in [0, 0.1) is 0 Å². The molecule has 3 N–H and O–H groups in total. The summed E-state index contributed by atoms with van der Waals surface area (Å²) in [6.07, 6.45) is 0.634. The van der Waals surface area contributed by atoms with Gasteiger partial charge in [-0.1, -0.05) is 12.1 Å². The quantitative estimate of drug-likeness (QED) is 0.608. The molecule has 0 saturated carbocycles. The fraction of sp³-hybridized carbons (Fsp3) is 0.182. The Morgan fingerprint density at radius 3 is 2.29 bits per heavy atom. The lowest BCUT2D eigenvalue weighted by Crippen LogP contribution is -2.43. The highest BCUT2D eigenvalue weighted by Gasteiger charge is 2.19. The molecule has 0 aliphatic rings.